The Labute approximate surface area is 121 Å². The summed E-state index contributed by atoms with van der Waals surface area (Å²) in [5, 5.41) is 3.18. The van der Waals surface area contributed by atoms with Gasteiger partial charge >= 0.3 is 0 Å². The fraction of sp³-hybridized carbons (Fsp3) is 0.353. The van der Waals surface area contributed by atoms with Gasteiger partial charge in [0, 0.05) is 18.3 Å². The van der Waals surface area contributed by atoms with Crippen molar-refractivity contribution in [1.82, 2.24) is 10.3 Å². The Morgan fingerprint density at radius 3 is 2.70 bits per heavy atom. The van der Waals surface area contributed by atoms with Crippen molar-refractivity contribution in [3.63, 3.8) is 0 Å². The average molecular weight is 270 g/mol. The molecular weight excluding hydrogens is 248 g/mol. The van der Waals surface area contributed by atoms with Crippen molar-refractivity contribution in [2.75, 3.05) is 7.05 Å². The van der Waals surface area contributed by atoms with E-state index in [0.717, 1.165) is 17.9 Å². The highest BCUT2D eigenvalue weighted by molar-refractivity contribution is 5.68. The van der Waals surface area contributed by atoms with Crippen molar-refractivity contribution in [1.29, 1.82) is 0 Å². The predicted molar refractivity (Wildman–Crippen MR) is 82.9 cm³/mol. The molecule has 0 unspecified atom stereocenters. The molecule has 2 rings (SSSR count). The Bertz CT molecular complexity index is 579. The predicted octanol–water partition coefficient (Wildman–Crippen LogP) is 3.56. The molecule has 3 nitrogen and oxygen atoms in total. The quantitative estimate of drug-likeness (QED) is 0.902. The number of rotatable bonds is 5. The van der Waals surface area contributed by atoms with Crippen LogP contribution in [-0.2, 0) is 6.54 Å². The van der Waals surface area contributed by atoms with Crippen LogP contribution in [0.25, 0.3) is 11.1 Å². The molecule has 0 atom stereocenters. The molecule has 0 amide bonds. The van der Waals surface area contributed by atoms with Gasteiger partial charge in [0.1, 0.15) is 5.75 Å². The molecule has 0 spiro atoms. The molecule has 0 aliphatic rings. The molecule has 1 aromatic carbocycles. The van der Waals surface area contributed by atoms with Crippen LogP contribution in [0.2, 0.25) is 0 Å². The lowest BCUT2D eigenvalue weighted by Crippen LogP contribution is -2.06. The largest absolute Gasteiger partial charge is 0.489 e. The Balaban J connectivity index is 2.37. The van der Waals surface area contributed by atoms with E-state index in [4.69, 9.17) is 4.74 Å². The van der Waals surface area contributed by atoms with E-state index in [1.807, 2.05) is 27.1 Å². The molecule has 0 saturated carbocycles. The van der Waals surface area contributed by atoms with Gasteiger partial charge in [0.15, 0.2) is 0 Å². The summed E-state index contributed by atoms with van der Waals surface area (Å²) in [7, 11) is 1.96. The van der Waals surface area contributed by atoms with Crippen LogP contribution in [0.3, 0.4) is 0 Å². The van der Waals surface area contributed by atoms with Gasteiger partial charge in [-0.15, -0.1) is 0 Å². The fourth-order valence-corrected chi connectivity index (χ4v) is 2.20. The maximum atomic E-state index is 5.72. The number of pyridine rings is 1. The van der Waals surface area contributed by atoms with Crippen molar-refractivity contribution in [3.05, 3.63) is 47.8 Å². The number of benzene rings is 1. The van der Waals surface area contributed by atoms with Gasteiger partial charge < -0.3 is 10.1 Å². The Morgan fingerprint density at radius 1 is 1.20 bits per heavy atom. The molecule has 3 heteroatoms. The Kier molecular flexibility index (Phi) is 4.74. The minimum absolute atomic E-state index is 0.156. The number of hydrogen-bond acceptors (Lipinski definition) is 3. The molecule has 106 valence electrons. The summed E-state index contributed by atoms with van der Waals surface area (Å²) in [6.45, 7) is 7.02. The molecule has 0 bridgehead atoms. The van der Waals surface area contributed by atoms with Crippen molar-refractivity contribution in [2.24, 2.45) is 0 Å². The van der Waals surface area contributed by atoms with Crippen LogP contribution in [-0.4, -0.2) is 18.1 Å². The summed E-state index contributed by atoms with van der Waals surface area (Å²) < 4.78 is 5.72. The van der Waals surface area contributed by atoms with Crippen LogP contribution in [0.4, 0.5) is 0 Å². The molecule has 1 heterocycles. The molecule has 0 aliphatic heterocycles. The molecule has 20 heavy (non-hydrogen) atoms. The standard InChI is InChI=1S/C17H22N2O/c1-12(2)20-16-8-15(10-19-11-16)17-7-14(9-18-4)6-5-13(17)3/h5-8,10-12,18H,9H2,1-4H3. The normalized spacial score (nSPS) is 10.8. The Hall–Kier alpha value is -1.87. The number of nitrogens with one attached hydrogen (secondary N) is 1. The third-order valence-corrected chi connectivity index (χ3v) is 3.08. The summed E-state index contributed by atoms with van der Waals surface area (Å²) in [4.78, 5) is 4.29. The molecule has 0 aliphatic carbocycles. The maximum absolute atomic E-state index is 5.72. The number of aryl methyl sites for hydroxylation is 1. The highest BCUT2D eigenvalue weighted by atomic mass is 16.5. The van der Waals surface area contributed by atoms with Gasteiger partial charge in [-0.2, -0.15) is 0 Å². The first-order valence-corrected chi connectivity index (χ1v) is 6.96. The zero-order chi connectivity index (χ0) is 14.5. The van der Waals surface area contributed by atoms with Crippen molar-refractivity contribution in [2.45, 2.75) is 33.4 Å². The minimum Gasteiger partial charge on any atom is -0.489 e. The van der Waals surface area contributed by atoms with Crippen LogP contribution in [0, 0.1) is 6.92 Å². The van der Waals surface area contributed by atoms with Gasteiger partial charge in [-0.3, -0.25) is 4.98 Å². The Morgan fingerprint density at radius 2 is 2.00 bits per heavy atom. The summed E-state index contributed by atoms with van der Waals surface area (Å²) in [5.41, 5.74) is 4.81. The van der Waals surface area contributed by atoms with E-state index >= 15 is 0 Å². The van der Waals surface area contributed by atoms with Crippen molar-refractivity contribution in [3.8, 4) is 16.9 Å². The van der Waals surface area contributed by atoms with Gasteiger partial charge in [0.25, 0.3) is 0 Å². The molecular formula is C17H22N2O. The van der Waals surface area contributed by atoms with Crippen LogP contribution in [0.1, 0.15) is 25.0 Å². The van der Waals surface area contributed by atoms with E-state index in [0.29, 0.717) is 0 Å². The van der Waals surface area contributed by atoms with Crippen LogP contribution >= 0.6 is 0 Å². The van der Waals surface area contributed by atoms with Gasteiger partial charge in [-0.1, -0.05) is 12.1 Å². The van der Waals surface area contributed by atoms with E-state index in [9.17, 15) is 0 Å². The van der Waals surface area contributed by atoms with Crippen molar-refractivity contribution < 1.29 is 4.74 Å². The second-order valence-electron chi connectivity index (χ2n) is 5.26. The lowest BCUT2D eigenvalue weighted by Gasteiger charge is -2.12. The SMILES string of the molecule is CNCc1ccc(C)c(-c2cncc(OC(C)C)c2)c1. The van der Waals surface area contributed by atoms with E-state index in [-0.39, 0.29) is 6.10 Å². The summed E-state index contributed by atoms with van der Waals surface area (Å²) in [5.74, 6) is 0.816. The first kappa shape index (κ1) is 14.5. The molecule has 1 aromatic heterocycles. The third-order valence-electron chi connectivity index (χ3n) is 3.08. The van der Waals surface area contributed by atoms with Gasteiger partial charge in [-0.25, -0.2) is 0 Å². The summed E-state index contributed by atoms with van der Waals surface area (Å²) >= 11 is 0. The summed E-state index contributed by atoms with van der Waals surface area (Å²) in [6, 6.07) is 8.57. The second-order valence-corrected chi connectivity index (χ2v) is 5.26. The number of aromatic nitrogens is 1. The van der Waals surface area contributed by atoms with Crippen LogP contribution < -0.4 is 10.1 Å². The van der Waals surface area contributed by atoms with E-state index in [2.05, 4.69) is 41.5 Å². The zero-order valence-electron chi connectivity index (χ0n) is 12.6. The van der Waals surface area contributed by atoms with Crippen LogP contribution in [0.5, 0.6) is 5.75 Å². The van der Waals surface area contributed by atoms with Gasteiger partial charge in [0.05, 0.1) is 12.3 Å². The fourth-order valence-electron chi connectivity index (χ4n) is 2.20. The molecule has 0 saturated heterocycles. The number of ether oxygens (including phenoxy) is 1. The van der Waals surface area contributed by atoms with Gasteiger partial charge in [0.2, 0.25) is 0 Å². The summed E-state index contributed by atoms with van der Waals surface area (Å²) in [6.07, 6.45) is 3.80. The third kappa shape index (κ3) is 3.58. The topological polar surface area (TPSA) is 34.2 Å². The van der Waals surface area contributed by atoms with E-state index < -0.39 is 0 Å². The first-order chi connectivity index (χ1) is 9.60. The van der Waals surface area contributed by atoms with E-state index in [1.165, 1.54) is 16.7 Å². The van der Waals surface area contributed by atoms with Gasteiger partial charge in [-0.05, 0) is 56.6 Å². The average Bonchev–Trinajstić information content (AvgIpc) is 2.41. The molecule has 2 aromatic rings. The van der Waals surface area contributed by atoms with E-state index in [1.54, 1.807) is 6.20 Å². The lowest BCUT2D eigenvalue weighted by atomic mass is 9.99. The minimum atomic E-state index is 0.156. The number of hydrogen-bond donors (Lipinski definition) is 1. The highest BCUT2D eigenvalue weighted by Crippen LogP contribution is 2.27. The van der Waals surface area contributed by atoms with Crippen LogP contribution in [0.15, 0.2) is 36.7 Å². The molecule has 0 fully saturated rings. The zero-order valence-corrected chi connectivity index (χ0v) is 12.6. The molecule has 1 N–H and O–H groups in total. The lowest BCUT2D eigenvalue weighted by molar-refractivity contribution is 0.241. The maximum Gasteiger partial charge on any atom is 0.138 e. The second kappa shape index (κ2) is 6.53. The smallest absolute Gasteiger partial charge is 0.138 e. The monoisotopic (exact) mass is 270 g/mol. The first-order valence-electron chi connectivity index (χ1n) is 6.96. The molecule has 0 radical (unpaired) electrons. The van der Waals surface area contributed by atoms with Crippen molar-refractivity contribution >= 4 is 0 Å². The highest BCUT2D eigenvalue weighted by Gasteiger charge is 2.06. The number of nitrogens with zero attached hydrogens (tertiary/aromatic N) is 1.